The number of hydrogen-bond donors (Lipinski definition) is 2. The van der Waals surface area contributed by atoms with Gasteiger partial charge in [0.1, 0.15) is 0 Å². The average molecular weight is 366 g/mol. The van der Waals surface area contributed by atoms with Crippen molar-refractivity contribution in [2.24, 2.45) is 29.6 Å². The fourth-order valence-corrected chi connectivity index (χ4v) is 6.70. The molecule has 6 fully saturated rings. The SMILES string of the molecule is CC(C)(O)CNC[C@H]1CC[C@]2(CC1)OO[C@]1(O2)C2CC3CC(C2)CC1C3. The van der Waals surface area contributed by atoms with E-state index in [9.17, 15) is 5.11 Å². The monoisotopic (exact) mass is 365 g/mol. The van der Waals surface area contributed by atoms with Crippen molar-refractivity contribution in [2.75, 3.05) is 13.1 Å². The lowest BCUT2D eigenvalue weighted by Gasteiger charge is -2.57. The van der Waals surface area contributed by atoms with Crippen molar-refractivity contribution in [3.05, 3.63) is 0 Å². The minimum absolute atomic E-state index is 0.431. The van der Waals surface area contributed by atoms with Crippen LogP contribution in [0.15, 0.2) is 0 Å². The molecule has 5 aliphatic carbocycles. The van der Waals surface area contributed by atoms with Crippen molar-refractivity contribution >= 4 is 0 Å². The van der Waals surface area contributed by atoms with Crippen LogP contribution >= 0.6 is 0 Å². The van der Waals surface area contributed by atoms with E-state index in [2.05, 4.69) is 5.32 Å². The summed E-state index contributed by atoms with van der Waals surface area (Å²) in [6.07, 6.45) is 10.6. The quantitative estimate of drug-likeness (QED) is 0.748. The topological polar surface area (TPSA) is 60.0 Å². The zero-order chi connectivity index (χ0) is 18.0. The lowest BCUT2D eigenvalue weighted by Crippen LogP contribution is -2.59. The van der Waals surface area contributed by atoms with Gasteiger partial charge in [0.15, 0.2) is 0 Å². The maximum absolute atomic E-state index is 9.84. The smallest absolute Gasteiger partial charge is 0.210 e. The van der Waals surface area contributed by atoms with Crippen LogP contribution in [0.1, 0.15) is 71.6 Å². The van der Waals surface area contributed by atoms with Gasteiger partial charge < -0.3 is 15.2 Å². The van der Waals surface area contributed by atoms with Crippen LogP contribution in [-0.4, -0.2) is 35.4 Å². The molecule has 0 unspecified atom stereocenters. The van der Waals surface area contributed by atoms with Gasteiger partial charge in [-0.05, 0) is 83.1 Å². The molecule has 5 nitrogen and oxygen atoms in total. The predicted molar refractivity (Wildman–Crippen MR) is 96.9 cm³/mol. The van der Waals surface area contributed by atoms with Crippen LogP contribution in [0.5, 0.6) is 0 Å². The molecule has 26 heavy (non-hydrogen) atoms. The Balaban J connectivity index is 1.18. The molecule has 1 heterocycles. The molecular formula is C21H35NO4. The van der Waals surface area contributed by atoms with Gasteiger partial charge in [0, 0.05) is 31.2 Å². The Morgan fingerprint density at radius 3 is 2.15 bits per heavy atom. The van der Waals surface area contributed by atoms with Crippen LogP contribution in [0.4, 0.5) is 0 Å². The fourth-order valence-electron chi connectivity index (χ4n) is 6.70. The van der Waals surface area contributed by atoms with Crippen molar-refractivity contribution in [1.82, 2.24) is 5.32 Å². The molecule has 2 N–H and O–H groups in total. The highest BCUT2D eigenvalue weighted by atomic mass is 17.3. The Labute approximate surface area is 157 Å². The van der Waals surface area contributed by atoms with Crippen LogP contribution < -0.4 is 5.32 Å². The average Bonchev–Trinajstić information content (AvgIpc) is 2.94. The Hall–Kier alpha value is -0.200. The number of ether oxygens (including phenoxy) is 1. The summed E-state index contributed by atoms with van der Waals surface area (Å²) in [4.78, 5) is 12.1. The van der Waals surface area contributed by atoms with E-state index >= 15 is 0 Å². The van der Waals surface area contributed by atoms with E-state index in [4.69, 9.17) is 14.5 Å². The van der Waals surface area contributed by atoms with Crippen LogP contribution in [0.2, 0.25) is 0 Å². The molecule has 0 aromatic carbocycles. The molecule has 1 saturated heterocycles. The van der Waals surface area contributed by atoms with Crippen molar-refractivity contribution in [1.29, 1.82) is 0 Å². The van der Waals surface area contributed by atoms with E-state index in [-0.39, 0.29) is 0 Å². The molecular weight excluding hydrogens is 330 g/mol. The van der Waals surface area contributed by atoms with Gasteiger partial charge >= 0.3 is 0 Å². The van der Waals surface area contributed by atoms with Gasteiger partial charge in [-0.25, -0.2) is 0 Å². The molecule has 0 aromatic heterocycles. The highest BCUT2D eigenvalue weighted by molar-refractivity contribution is 5.05. The lowest BCUT2D eigenvalue weighted by molar-refractivity contribution is -0.390. The predicted octanol–water partition coefficient (Wildman–Crippen LogP) is 3.36. The summed E-state index contributed by atoms with van der Waals surface area (Å²) in [6.45, 7) is 5.29. The maximum Gasteiger partial charge on any atom is 0.210 e. The minimum Gasteiger partial charge on any atom is -0.389 e. The molecule has 0 atom stereocenters. The van der Waals surface area contributed by atoms with Crippen molar-refractivity contribution in [2.45, 2.75) is 88.8 Å². The Morgan fingerprint density at radius 2 is 1.58 bits per heavy atom. The standard InChI is InChI=1S/C21H35NO4/c1-19(2,23)13-22-12-14-3-5-20(6-4-14)24-21(26-25-20)17-8-15-7-16(10-17)11-18(21)9-15/h14-18,22-23H,3-13H2,1-2H3/t14-,15?,16?,17?,18?,20+,21-. The summed E-state index contributed by atoms with van der Waals surface area (Å²) in [5, 5.41) is 13.2. The first-order valence-corrected chi connectivity index (χ1v) is 10.9. The summed E-state index contributed by atoms with van der Waals surface area (Å²) in [5.41, 5.74) is -0.646. The highest BCUT2D eigenvalue weighted by Gasteiger charge is 2.66. The van der Waals surface area contributed by atoms with Crippen LogP contribution in [0.3, 0.4) is 0 Å². The van der Waals surface area contributed by atoms with Crippen molar-refractivity contribution in [3.8, 4) is 0 Å². The largest absolute Gasteiger partial charge is 0.389 e. The summed E-state index contributed by atoms with van der Waals surface area (Å²) in [6, 6.07) is 0. The minimum atomic E-state index is -0.646. The summed E-state index contributed by atoms with van der Waals surface area (Å²) < 4.78 is 6.76. The van der Waals surface area contributed by atoms with E-state index in [1.807, 2.05) is 13.8 Å². The molecule has 2 spiro atoms. The van der Waals surface area contributed by atoms with Crippen LogP contribution in [-0.2, 0) is 14.5 Å². The van der Waals surface area contributed by atoms with Crippen molar-refractivity contribution < 1.29 is 19.6 Å². The first-order chi connectivity index (χ1) is 12.4. The molecule has 0 amide bonds. The molecule has 5 saturated carbocycles. The molecule has 148 valence electrons. The van der Waals surface area contributed by atoms with E-state index in [0.717, 1.165) is 44.1 Å². The second-order valence-corrected chi connectivity index (χ2v) is 10.6. The Morgan fingerprint density at radius 1 is 0.962 bits per heavy atom. The number of aliphatic hydroxyl groups is 1. The second kappa shape index (κ2) is 6.15. The zero-order valence-corrected chi connectivity index (χ0v) is 16.3. The van der Waals surface area contributed by atoms with E-state index < -0.39 is 17.2 Å². The summed E-state index contributed by atoms with van der Waals surface area (Å²) in [5.74, 6) is 2.61. The maximum atomic E-state index is 9.84. The summed E-state index contributed by atoms with van der Waals surface area (Å²) in [7, 11) is 0. The number of nitrogens with one attached hydrogen (secondary N) is 1. The normalized spacial score (nSPS) is 50.2. The first kappa shape index (κ1) is 17.9. The number of rotatable bonds is 4. The van der Waals surface area contributed by atoms with Gasteiger partial charge in [-0.2, -0.15) is 9.78 Å². The molecule has 5 heteroatoms. The molecule has 4 bridgehead atoms. The highest BCUT2D eigenvalue weighted by Crippen LogP contribution is 2.63. The zero-order valence-electron chi connectivity index (χ0n) is 16.3. The third kappa shape index (κ3) is 3.04. The van der Waals surface area contributed by atoms with E-state index in [0.29, 0.717) is 24.3 Å². The third-order valence-corrected chi connectivity index (χ3v) is 7.80. The molecule has 6 rings (SSSR count). The van der Waals surface area contributed by atoms with Gasteiger partial charge in [0.2, 0.25) is 11.6 Å². The van der Waals surface area contributed by atoms with Crippen LogP contribution in [0, 0.1) is 29.6 Å². The molecule has 1 aliphatic heterocycles. The summed E-state index contributed by atoms with van der Waals surface area (Å²) >= 11 is 0. The molecule has 0 aromatic rings. The van der Waals surface area contributed by atoms with Crippen molar-refractivity contribution in [3.63, 3.8) is 0 Å². The van der Waals surface area contributed by atoms with E-state index in [1.54, 1.807) is 0 Å². The van der Waals surface area contributed by atoms with Gasteiger partial charge in [-0.15, -0.1) is 0 Å². The molecule has 6 aliphatic rings. The third-order valence-electron chi connectivity index (χ3n) is 7.80. The Bertz CT molecular complexity index is 507. The Kier molecular flexibility index (Phi) is 4.23. The van der Waals surface area contributed by atoms with E-state index in [1.165, 1.54) is 32.1 Å². The number of hydrogen-bond acceptors (Lipinski definition) is 5. The van der Waals surface area contributed by atoms with Crippen LogP contribution in [0.25, 0.3) is 0 Å². The molecule has 0 radical (unpaired) electrons. The van der Waals surface area contributed by atoms with Gasteiger partial charge in [0.25, 0.3) is 0 Å². The lowest BCUT2D eigenvalue weighted by atomic mass is 9.53. The fraction of sp³-hybridized carbons (Fsp3) is 1.00. The van der Waals surface area contributed by atoms with Gasteiger partial charge in [-0.3, -0.25) is 0 Å². The first-order valence-electron chi connectivity index (χ1n) is 10.9. The second-order valence-electron chi connectivity index (χ2n) is 10.6. The van der Waals surface area contributed by atoms with Gasteiger partial charge in [0.05, 0.1) is 5.60 Å². The van der Waals surface area contributed by atoms with Gasteiger partial charge in [-0.1, -0.05) is 0 Å².